The maximum absolute atomic E-state index is 11.5. The second-order valence-corrected chi connectivity index (χ2v) is 5.02. The van der Waals surface area contributed by atoms with E-state index in [9.17, 15) is 9.59 Å². The fourth-order valence-corrected chi connectivity index (χ4v) is 2.47. The number of rotatable bonds is 3. The standard InChI is InChI=1S/C15H15ClO3/c1-19-15(18)9-11-8-13(17)6-7-14(11)10-2-4-12(16)5-3-10/h2-5,8,14H,6-7,9H2,1H3/t14-/m0/s1. The van der Waals surface area contributed by atoms with Crippen LogP contribution in [0.3, 0.4) is 0 Å². The Morgan fingerprint density at radius 3 is 2.68 bits per heavy atom. The average Bonchev–Trinajstić information content (AvgIpc) is 2.40. The molecule has 0 radical (unpaired) electrons. The second kappa shape index (κ2) is 6.02. The first-order valence-electron chi connectivity index (χ1n) is 6.15. The van der Waals surface area contributed by atoms with Crippen LogP contribution < -0.4 is 0 Å². The minimum absolute atomic E-state index is 0.0733. The number of hydrogen-bond acceptors (Lipinski definition) is 3. The van der Waals surface area contributed by atoms with Crippen molar-refractivity contribution in [2.45, 2.75) is 25.2 Å². The van der Waals surface area contributed by atoms with E-state index >= 15 is 0 Å². The van der Waals surface area contributed by atoms with Crippen molar-refractivity contribution in [2.24, 2.45) is 0 Å². The molecule has 3 nitrogen and oxygen atoms in total. The quantitative estimate of drug-likeness (QED) is 0.797. The molecule has 1 aromatic rings. The highest BCUT2D eigenvalue weighted by molar-refractivity contribution is 6.30. The first kappa shape index (κ1) is 13.8. The van der Waals surface area contributed by atoms with Crippen LogP contribution in [0.5, 0.6) is 0 Å². The lowest BCUT2D eigenvalue weighted by molar-refractivity contribution is -0.139. The van der Waals surface area contributed by atoms with Gasteiger partial charge in [0.25, 0.3) is 0 Å². The van der Waals surface area contributed by atoms with Crippen molar-refractivity contribution in [3.05, 3.63) is 46.5 Å². The topological polar surface area (TPSA) is 43.4 Å². The van der Waals surface area contributed by atoms with E-state index in [0.29, 0.717) is 11.4 Å². The Morgan fingerprint density at radius 2 is 2.05 bits per heavy atom. The third-order valence-electron chi connectivity index (χ3n) is 3.32. The van der Waals surface area contributed by atoms with Gasteiger partial charge in [-0.1, -0.05) is 23.7 Å². The summed E-state index contributed by atoms with van der Waals surface area (Å²) in [5.74, 6) is -0.155. The third-order valence-corrected chi connectivity index (χ3v) is 3.57. The monoisotopic (exact) mass is 278 g/mol. The zero-order chi connectivity index (χ0) is 13.8. The molecule has 0 unspecified atom stereocenters. The highest BCUT2D eigenvalue weighted by Crippen LogP contribution is 2.35. The van der Waals surface area contributed by atoms with Gasteiger partial charge in [-0.05, 0) is 35.8 Å². The van der Waals surface area contributed by atoms with Gasteiger partial charge in [-0.3, -0.25) is 9.59 Å². The lowest BCUT2D eigenvalue weighted by Crippen LogP contribution is -2.16. The lowest BCUT2D eigenvalue weighted by atomic mass is 9.81. The van der Waals surface area contributed by atoms with Crippen LogP contribution in [0.1, 0.15) is 30.7 Å². The van der Waals surface area contributed by atoms with Crippen molar-refractivity contribution in [1.82, 2.24) is 0 Å². The van der Waals surface area contributed by atoms with Gasteiger partial charge in [-0.25, -0.2) is 0 Å². The van der Waals surface area contributed by atoms with E-state index in [4.69, 9.17) is 11.6 Å². The van der Waals surface area contributed by atoms with Gasteiger partial charge in [0, 0.05) is 17.4 Å². The second-order valence-electron chi connectivity index (χ2n) is 4.58. The zero-order valence-corrected chi connectivity index (χ0v) is 11.4. The predicted molar refractivity (Wildman–Crippen MR) is 73.2 cm³/mol. The molecule has 0 spiro atoms. The predicted octanol–water partition coefficient (Wildman–Crippen LogP) is 3.28. The van der Waals surface area contributed by atoms with Crippen molar-refractivity contribution < 1.29 is 14.3 Å². The van der Waals surface area contributed by atoms with Crippen molar-refractivity contribution in [3.63, 3.8) is 0 Å². The lowest BCUT2D eigenvalue weighted by Gasteiger charge is -2.23. The summed E-state index contributed by atoms with van der Waals surface area (Å²) in [7, 11) is 1.35. The first-order chi connectivity index (χ1) is 9.10. The molecule has 0 aliphatic heterocycles. The number of ketones is 1. The summed E-state index contributed by atoms with van der Waals surface area (Å²) in [6.07, 6.45) is 2.98. The number of methoxy groups -OCH3 is 1. The fraction of sp³-hybridized carbons (Fsp3) is 0.333. The summed E-state index contributed by atoms with van der Waals surface area (Å²) in [5.41, 5.74) is 1.90. The molecule has 1 aromatic carbocycles. The van der Waals surface area contributed by atoms with Crippen LogP contribution in [0, 0.1) is 0 Å². The molecule has 19 heavy (non-hydrogen) atoms. The molecule has 100 valence electrons. The summed E-state index contributed by atoms with van der Waals surface area (Å²) in [4.78, 5) is 22.9. The molecule has 4 heteroatoms. The van der Waals surface area contributed by atoms with Gasteiger partial charge in [0.15, 0.2) is 5.78 Å². The molecule has 0 N–H and O–H groups in total. The van der Waals surface area contributed by atoms with Gasteiger partial charge < -0.3 is 4.74 Å². The maximum atomic E-state index is 11.5. The molecular formula is C15H15ClO3. The van der Waals surface area contributed by atoms with E-state index in [0.717, 1.165) is 17.6 Å². The van der Waals surface area contributed by atoms with Crippen LogP contribution in [0.2, 0.25) is 5.02 Å². The van der Waals surface area contributed by atoms with Crippen molar-refractivity contribution in [3.8, 4) is 0 Å². The number of allylic oxidation sites excluding steroid dienone is 1. The molecular weight excluding hydrogens is 264 g/mol. The normalized spacial score (nSPS) is 18.9. The summed E-state index contributed by atoms with van der Waals surface area (Å²) in [6, 6.07) is 7.52. The third kappa shape index (κ3) is 3.44. The van der Waals surface area contributed by atoms with Crippen molar-refractivity contribution in [2.75, 3.05) is 7.11 Å². The van der Waals surface area contributed by atoms with Crippen LogP contribution >= 0.6 is 11.6 Å². The highest BCUT2D eigenvalue weighted by atomic mass is 35.5. The molecule has 0 saturated carbocycles. The van der Waals surface area contributed by atoms with Gasteiger partial charge in [-0.2, -0.15) is 0 Å². The minimum Gasteiger partial charge on any atom is -0.469 e. The molecule has 1 atom stereocenters. The largest absolute Gasteiger partial charge is 0.469 e. The summed E-state index contributed by atoms with van der Waals surface area (Å²) in [6.45, 7) is 0. The van der Waals surface area contributed by atoms with Crippen LogP contribution in [-0.4, -0.2) is 18.9 Å². The Bertz CT molecular complexity index is 517. The molecule has 0 fully saturated rings. The van der Waals surface area contributed by atoms with E-state index in [2.05, 4.69) is 4.74 Å². The van der Waals surface area contributed by atoms with E-state index in [-0.39, 0.29) is 24.1 Å². The minimum atomic E-state index is -0.320. The number of carbonyl (C=O) groups is 2. The molecule has 0 saturated heterocycles. The number of halogens is 1. The van der Waals surface area contributed by atoms with E-state index < -0.39 is 0 Å². The fourth-order valence-electron chi connectivity index (χ4n) is 2.34. The average molecular weight is 279 g/mol. The number of ether oxygens (including phenoxy) is 1. The smallest absolute Gasteiger partial charge is 0.309 e. The van der Waals surface area contributed by atoms with Crippen LogP contribution in [0.4, 0.5) is 0 Å². The van der Waals surface area contributed by atoms with Gasteiger partial charge >= 0.3 is 5.97 Å². The maximum Gasteiger partial charge on any atom is 0.309 e. The van der Waals surface area contributed by atoms with Gasteiger partial charge in [-0.15, -0.1) is 0 Å². The Kier molecular flexibility index (Phi) is 4.38. The number of carbonyl (C=O) groups excluding carboxylic acids is 2. The molecule has 0 bridgehead atoms. The molecule has 1 aliphatic carbocycles. The first-order valence-corrected chi connectivity index (χ1v) is 6.53. The van der Waals surface area contributed by atoms with Crippen LogP contribution in [-0.2, 0) is 14.3 Å². The summed E-state index contributed by atoms with van der Waals surface area (Å²) >= 11 is 5.87. The van der Waals surface area contributed by atoms with E-state index in [1.165, 1.54) is 7.11 Å². The molecule has 0 amide bonds. The SMILES string of the molecule is COC(=O)CC1=CC(=O)CC[C@H]1c1ccc(Cl)cc1. The Labute approximate surface area is 117 Å². The van der Waals surface area contributed by atoms with Crippen molar-refractivity contribution in [1.29, 1.82) is 0 Å². The van der Waals surface area contributed by atoms with Crippen molar-refractivity contribution >= 4 is 23.4 Å². The zero-order valence-electron chi connectivity index (χ0n) is 10.7. The summed E-state index contributed by atoms with van der Waals surface area (Å²) < 4.78 is 4.68. The number of esters is 1. The van der Waals surface area contributed by atoms with Gasteiger partial charge in [0.05, 0.1) is 13.5 Å². The Morgan fingerprint density at radius 1 is 1.37 bits per heavy atom. The van der Waals surface area contributed by atoms with E-state index in [1.807, 2.05) is 24.3 Å². The highest BCUT2D eigenvalue weighted by Gasteiger charge is 2.24. The molecule has 1 aliphatic rings. The Balaban J connectivity index is 2.26. The van der Waals surface area contributed by atoms with Crippen LogP contribution in [0.15, 0.2) is 35.9 Å². The molecule has 0 heterocycles. The Hall–Kier alpha value is -1.61. The molecule has 2 rings (SSSR count). The van der Waals surface area contributed by atoms with Crippen LogP contribution in [0.25, 0.3) is 0 Å². The van der Waals surface area contributed by atoms with Gasteiger partial charge in [0.1, 0.15) is 0 Å². The van der Waals surface area contributed by atoms with Gasteiger partial charge in [0.2, 0.25) is 0 Å². The van der Waals surface area contributed by atoms with E-state index in [1.54, 1.807) is 6.08 Å². The summed E-state index contributed by atoms with van der Waals surface area (Å²) in [5, 5.41) is 0.675. The number of benzene rings is 1. The molecule has 0 aromatic heterocycles. The number of hydrogen-bond donors (Lipinski definition) is 0.